The third-order valence-corrected chi connectivity index (χ3v) is 4.93. The van der Waals surface area contributed by atoms with Crippen molar-refractivity contribution in [2.45, 2.75) is 10.1 Å². The normalized spacial score (nSPS) is 10.7. The van der Waals surface area contributed by atoms with Crippen molar-refractivity contribution in [1.82, 2.24) is 10.2 Å². The standard InChI is InChI=1S/C15H10F3N3S2/c16-10-5-1-2-7-12(10)19-14-20-21-15(23-14)22-8-9-4-3-6-11(17)13(9)18/h1-7H,8H2,(H,19,20). The van der Waals surface area contributed by atoms with Crippen molar-refractivity contribution in [1.29, 1.82) is 0 Å². The topological polar surface area (TPSA) is 37.8 Å². The van der Waals surface area contributed by atoms with E-state index in [9.17, 15) is 13.2 Å². The molecule has 118 valence electrons. The fourth-order valence-corrected chi connectivity index (χ4v) is 3.54. The predicted octanol–water partition coefficient (Wildman–Crippen LogP) is 4.99. The first-order chi connectivity index (χ1) is 11.1. The molecule has 0 radical (unpaired) electrons. The molecule has 0 bridgehead atoms. The number of nitrogens with zero attached hydrogens (tertiary/aromatic N) is 2. The highest BCUT2D eigenvalue weighted by Gasteiger charge is 2.11. The second-order valence-electron chi connectivity index (χ2n) is 4.48. The van der Waals surface area contributed by atoms with E-state index < -0.39 is 17.5 Å². The molecule has 0 aliphatic carbocycles. The molecule has 3 rings (SSSR count). The lowest BCUT2D eigenvalue weighted by Gasteiger charge is -2.02. The van der Waals surface area contributed by atoms with Crippen molar-refractivity contribution < 1.29 is 13.2 Å². The molecule has 0 atom stereocenters. The van der Waals surface area contributed by atoms with Crippen LogP contribution in [0.5, 0.6) is 0 Å². The maximum atomic E-state index is 13.6. The van der Waals surface area contributed by atoms with Crippen LogP contribution in [0.2, 0.25) is 0 Å². The molecule has 0 aliphatic rings. The van der Waals surface area contributed by atoms with Crippen LogP contribution in [-0.2, 0) is 5.75 Å². The lowest BCUT2D eigenvalue weighted by Crippen LogP contribution is -1.92. The minimum atomic E-state index is -0.873. The summed E-state index contributed by atoms with van der Waals surface area (Å²) in [5.41, 5.74) is 0.560. The van der Waals surface area contributed by atoms with Gasteiger partial charge in [-0.1, -0.05) is 47.4 Å². The molecule has 1 heterocycles. The van der Waals surface area contributed by atoms with Gasteiger partial charge in [0.2, 0.25) is 5.13 Å². The van der Waals surface area contributed by atoms with E-state index in [1.54, 1.807) is 18.2 Å². The van der Waals surface area contributed by atoms with Crippen LogP contribution in [-0.4, -0.2) is 10.2 Å². The highest BCUT2D eigenvalue weighted by atomic mass is 32.2. The number of anilines is 2. The van der Waals surface area contributed by atoms with E-state index in [1.165, 1.54) is 41.3 Å². The molecule has 1 N–H and O–H groups in total. The van der Waals surface area contributed by atoms with Crippen molar-refractivity contribution in [3.05, 3.63) is 65.5 Å². The molecule has 3 aromatic rings. The van der Waals surface area contributed by atoms with Gasteiger partial charge >= 0.3 is 0 Å². The molecule has 0 amide bonds. The quantitative estimate of drug-likeness (QED) is 0.656. The van der Waals surface area contributed by atoms with Gasteiger partial charge in [-0.15, -0.1) is 10.2 Å². The minimum absolute atomic E-state index is 0.234. The van der Waals surface area contributed by atoms with Crippen LogP contribution in [0.3, 0.4) is 0 Å². The Hall–Kier alpha value is -2.06. The molecular weight excluding hydrogens is 343 g/mol. The summed E-state index contributed by atoms with van der Waals surface area (Å²) in [5, 5.41) is 11.1. The Morgan fingerprint density at radius 1 is 0.957 bits per heavy atom. The van der Waals surface area contributed by atoms with Crippen LogP contribution < -0.4 is 5.32 Å². The number of thioether (sulfide) groups is 1. The predicted molar refractivity (Wildman–Crippen MR) is 85.5 cm³/mol. The molecule has 3 nitrogen and oxygen atoms in total. The third kappa shape index (κ3) is 3.83. The molecule has 0 aliphatic heterocycles. The maximum Gasteiger partial charge on any atom is 0.210 e. The Balaban J connectivity index is 1.66. The first kappa shape index (κ1) is 15.8. The highest BCUT2D eigenvalue weighted by Crippen LogP contribution is 2.31. The molecule has 23 heavy (non-hydrogen) atoms. The van der Waals surface area contributed by atoms with Gasteiger partial charge in [0.15, 0.2) is 16.0 Å². The molecular formula is C15H10F3N3S2. The van der Waals surface area contributed by atoms with Gasteiger partial charge in [-0.2, -0.15) is 0 Å². The van der Waals surface area contributed by atoms with Gasteiger partial charge in [-0.3, -0.25) is 0 Å². The Morgan fingerprint density at radius 2 is 1.74 bits per heavy atom. The van der Waals surface area contributed by atoms with E-state index in [-0.39, 0.29) is 11.3 Å². The minimum Gasteiger partial charge on any atom is -0.328 e. The number of aromatic nitrogens is 2. The Kier molecular flexibility index (Phi) is 4.82. The summed E-state index contributed by atoms with van der Waals surface area (Å²) < 4.78 is 40.8. The summed E-state index contributed by atoms with van der Waals surface area (Å²) >= 11 is 2.45. The summed E-state index contributed by atoms with van der Waals surface area (Å²) in [6.07, 6.45) is 0. The Labute approximate surface area is 138 Å². The van der Waals surface area contributed by atoms with Crippen molar-refractivity contribution in [2.24, 2.45) is 0 Å². The number of nitrogens with one attached hydrogen (secondary N) is 1. The molecule has 0 saturated carbocycles. The molecule has 0 saturated heterocycles. The number of hydrogen-bond acceptors (Lipinski definition) is 5. The number of benzene rings is 2. The molecule has 0 spiro atoms. The number of halogens is 3. The van der Waals surface area contributed by atoms with Gasteiger partial charge in [-0.25, -0.2) is 13.2 Å². The second-order valence-corrected chi connectivity index (χ2v) is 6.68. The van der Waals surface area contributed by atoms with Crippen molar-refractivity contribution in [3.63, 3.8) is 0 Å². The Bertz CT molecular complexity index is 823. The number of para-hydroxylation sites is 1. The smallest absolute Gasteiger partial charge is 0.210 e. The average Bonchev–Trinajstić information content (AvgIpc) is 2.99. The summed E-state index contributed by atoms with van der Waals surface area (Å²) in [7, 11) is 0. The van der Waals surface area contributed by atoms with E-state index in [1.807, 2.05) is 0 Å². The molecule has 0 unspecified atom stereocenters. The molecule has 1 aromatic heterocycles. The zero-order valence-electron chi connectivity index (χ0n) is 11.6. The summed E-state index contributed by atoms with van der Waals surface area (Å²) in [6.45, 7) is 0. The zero-order chi connectivity index (χ0) is 16.2. The van der Waals surface area contributed by atoms with Crippen molar-refractivity contribution in [3.8, 4) is 0 Å². The molecule has 0 fully saturated rings. The van der Waals surface area contributed by atoms with E-state index in [2.05, 4.69) is 15.5 Å². The SMILES string of the molecule is Fc1ccccc1Nc1nnc(SCc2cccc(F)c2F)s1. The van der Waals surface area contributed by atoms with Crippen LogP contribution in [0.4, 0.5) is 24.0 Å². The van der Waals surface area contributed by atoms with E-state index >= 15 is 0 Å². The number of rotatable bonds is 5. The first-order valence-corrected chi connectivity index (χ1v) is 8.34. The van der Waals surface area contributed by atoms with Crippen LogP contribution in [0.1, 0.15) is 5.56 Å². The average molecular weight is 353 g/mol. The highest BCUT2D eigenvalue weighted by molar-refractivity contribution is 8.00. The fourth-order valence-electron chi connectivity index (χ4n) is 1.80. The van der Waals surface area contributed by atoms with Crippen molar-refractivity contribution in [2.75, 3.05) is 5.32 Å². The maximum absolute atomic E-state index is 13.6. The van der Waals surface area contributed by atoms with E-state index in [0.717, 1.165) is 6.07 Å². The lowest BCUT2D eigenvalue weighted by atomic mass is 10.2. The van der Waals surface area contributed by atoms with Crippen LogP contribution in [0.15, 0.2) is 46.8 Å². The zero-order valence-corrected chi connectivity index (χ0v) is 13.2. The number of hydrogen-bond donors (Lipinski definition) is 1. The van der Waals surface area contributed by atoms with E-state index in [4.69, 9.17) is 0 Å². The summed E-state index contributed by atoms with van der Waals surface area (Å²) in [4.78, 5) is 0. The monoisotopic (exact) mass is 353 g/mol. The molecule has 8 heteroatoms. The largest absolute Gasteiger partial charge is 0.328 e. The third-order valence-electron chi connectivity index (χ3n) is 2.90. The first-order valence-electron chi connectivity index (χ1n) is 6.54. The second kappa shape index (κ2) is 7.01. The summed E-state index contributed by atoms with van der Waals surface area (Å²) in [5.74, 6) is -1.88. The summed E-state index contributed by atoms with van der Waals surface area (Å²) in [6, 6.07) is 10.3. The van der Waals surface area contributed by atoms with Gasteiger partial charge in [0, 0.05) is 11.3 Å². The van der Waals surface area contributed by atoms with E-state index in [0.29, 0.717) is 15.2 Å². The van der Waals surface area contributed by atoms with Gasteiger partial charge < -0.3 is 5.32 Å². The van der Waals surface area contributed by atoms with Gasteiger partial charge in [0.25, 0.3) is 0 Å². The van der Waals surface area contributed by atoms with Crippen LogP contribution in [0.25, 0.3) is 0 Å². The van der Waals surface area contributed by atoms with Crippen LogP contribution >= 0.6 is 23.1 Å². The Morgan fingerprint density at radius 3 is 2.57 bits per heavy atom. The lowest BCUT2D eigenvalue weighted by molar-refractivity contribution is 0.502. The fraction of sp³-hybridized carbons (Fsp3) is 0.0667. The van der Waals surface area contributed by atoms with Gasteiger partial charge in [0.1, 0.15) is 5.82 Å². The van der Waals surface area contributed by atoms with Crippen molar-refractivity contribution >= 4 is 33.9 Å². The van der Waals surface area contributed by atoms with Crippen LogP contribution in [0, 0.1) is 17.5 Å². The van der Waals surface area contributed by atoms with Gasteiger partial charge in [-0.05, 0) is 18.2 Å². The molecule has 2 aromatic carbocycles. The van der Waals surface area contributed by atoms with Gasteiger partial charge in [0.05, 0.1) is 5.69 Å².